The number of piperazine rings is 1. The molecule has 0 spiro atoms. The first-order chi connectivity index (χ1) is 9.36. The van der Waals surface area contributed by atoms with Gasteiger partial charge in [0.1, 0.15) is 17.8 Å². The highest BCUT2D eigenvalue weighted by Crippen LogP contribution is 2.22. The van der Waals surface area contributed by atoms with E-state index >= 15 is 0 Å². The molecule has 0 aliphatic carbocycles. The van der Waals surface area contributed by atoms with Crippen molar-refractivity contribution in [2.24, 2.45) is 0 Å². The smallest absolute Gasteiger partial charge is 0.290 e. The summed E-state index contributed by atoms with van der Waals surface area (Å²) in [5.41, 5.74) is -1.09. The first-order valence-electron chi connectivity index (χ1n) is 6.10. The van der Waals surface area contributed by atoms with Crippen molar-refractivity contribution in [1.29, 1.82) is 0 Å². The van der Waals surface area contributed by atoms with E-state index in [1.807, 2.05) is 6.26 Å². The molecule has 0 atom stereocenters. The zero-order chi connectivity index (χ0) is 14.9. The molecule has 0 unspecified atom stereocenters. The monoisotopic (exact) mass is 296 g/mol. The number of furan rings is 1. The maximum Gasteiger partial charge on any atom is 0.290 e. The predicted octanol–water partition coefficient (Wildman–Crippen LogP) is 1.02. The van der Waals surface area contributed by atoms with E-state index in [2.05, 4.69) is 5.32 Å². The van der Waals surface area contributed by atoms with Gasteiger partial charge in [-0.3, -0.25) is 19.7 Å². The third-order valence-electron chi connectivity index (χ3n) is 3.19. The van der Waals surface area contributed by atoms with Gasteiger partial charge < -0.3 is 9.32 Å². The zero-order valence-corrected chi connectivity index (χ0v) is 12.4. The highest BCUT2D eigenvalue weighted by atomic mass is 32.2. The predicted molar refractivity (Wildman–Crippen MR) is 74.2 cm³/mol. The minimum absolute atomic E-state index is 0.143. The lowest BCUT2D eigenvalue weighted by Crippen LogP contribution is -2.65. The van der Waals surface area contributed by atoms with Crippen LogP contribution in [-0.2, 0) is 15.3 Å². The number of hydrogen-bond donors (Lipinski definition) is 1. The van der Waals surface area contributed by atoms with E-state index < -0.39 is 23.3 Å². The van der Waals surface area contributed by atoms with Crippen molar-refractivity contribution in [3.8, 4) is 0 Å². The number of thioether (sulfide) groups is 1. The van der Waals surface area contributed by atoms with Crippen LogP contribution >= 0.6 is 11.8 Å². The summed E-state index contributed by atoms with van der Waals surface area (Å²) in [4.78, 5) is 36.9. The van der Waals surface area contributed by atoms with Crippen LogP contribution < -0.4 is 5.32 Å². The third kappa shape index (κ3) is 2.58. The maximum absolute atomic E-state index is 12.4. The van der Waals surface area contributed by atoms with Crippen molar-refractivity contribution in [3.63, 3.8) is 0 Å². The van der Waals surface area contributed by atoms with Gasteiger partial charge in [-0.2, -0.15) is 11.8 Å². The minimum atomic E-state index is -1.09. The van der Waals surface area contributed by atoms with Crippen molar-refractivity contribution in [1.82, 2.24) is 10.2 Å². The highest BCUT2D eigenvalue weighted by molar-refractivity contribution is 7.97. The molecule has 1 saturated heterocycles. The molecule has 0 radical (unpaired) electrons. The van der Waals surface area contributed by atoms with Crippen LogP contribution in [0.2, 0.25) is 0 Å². The summed E-state index contributed by atoms with van der Waals surface area (Å²) < 4.78 is 5.45. The largest absolute Gasteiger partial charge is 0.455 e. The van der Waals surface area contributed by atoms with Gasteiger partial charge in [0.05, 0.1) is 5.75 Å². The van der Waals surface area contributed by atoms with Crippen LogP contribution in [0.1, 0.15) is 30.2 Å². The standard InChI is InChI=1S/C13H16N2O4S/c1-13(2)12(18)14-10(16)6-15(13)11(17)9-5-4-8(19-9)7-20-3/h4-5H,6-7H2,1-3H3,(H,14,16,18). The van der Waals surface area contributed by atoms with Crippen LogP contribution in [0, 0.1) is 0 Å². The Morgan fingerprint density at radius 1 is 1.45 bits per heavy atom. The fourth-order valence-electron chi connectivity index (χ4n) is 1.95. The molecule has 6 nitrogen and oxygen atoms in total. The normalized spacial score (nSPS) is 18.1. The number of imide groups is 1. The van der Waals surface area contributed by atoms with E-state index in [0.29, 0.717) is 11.5 Å². The number of amides is 3. The van der Waals surface area contributed by atoms with Gasteiger partial charge in [-0.15, -0.1) is 0 Å². The summed E-state index contributed by atoms with van der Waals surface area (Å²) in [6.45, 7) is 3.03. The third-order valence-corrected chi connectivity index (χ3v) is 3.76. The number of rotatable bonds is 3. The van der Waals surface area contributed by atoms with Gasteiger partial charge in [0, 0.05) is 0 Å². The van der Waals surface area contributed by atoms with Crippen molar-refractivity contribution < 1.29 is 18.8 Å². The number of nitrogens with zero attached hydrogens (tertiary/aromatic N) is 1. The fourth-order valence-corrected chi connectivity index (χ4v) is 2.39. The molecule has 1 aliphatic heterocycles. The average molecular weight is 296 g/mol. The van der Waals surface area contributed by atoms with E-state index in [9.17, 15) is 14.4 Å². The Kier molecular flexibility index (Phi) is 3.89. The summed E-state index contributed by atoms with van der Waals surface area (Å²) in [5.74, 6) is 0.0639. The Hall–Kier alpha value is -1.76. The molecular weight excluding hydrogens is 280 g/mol. The fraction of sp³-hybridized carbons (Fsp3) is 0.462. The van der Waals surface area contributed by atoms with Gasteiger partial charge in [-0.1, -0.05) is 0 Å². The Morgan fingerprint density at radius 2 is 2.15 bits per heavy atom. The van der Waals surface area contributed by atoms with Crippen molar-refractivity contribution in [3.05, 3.63) is 23.7 Å². The highest BCUT2D eigenvalue weighted by Gasteiger charge is 2.44. The molecule has 2 heterocycles. The van der Waals surface area contributed by atoms with Gasteiger partial charge in [0.15, 0.2) is 5.76 Å². The Morgan fingerprint density at radius 3 is 2.80 bits per heavy atom. The molecular formula is C13H16N2O4S. The molecule has 1 aliphatic rings. The molecule has 1 aromatic rings. The van der Waals surface area contributed by atoms with Crippen molar-refractivity contribution in [2.75, 3.05) is 12.8 Å². The van der Waals surface area contributed by atoms with Crippen molar-refractivity contribution >= 4 is 29.5 Å². The molecule has 0 saturated carbocycles. The minimum Gasteiger partial charge on any atom is -0.455 e. The molecule has 2 rings (SSSR count). The number of nitrogens with one attached hydrogen (secondary N) is 1. The zero-order valence-electron chi connectivity index (χ0n) is 11.6. The molecule has 1 N–H and O–H groups in total. The Bertz CT molecular complexity index is 564. The molecule has 3 amide bonds. The van der Waals surface area contributed by atoms with Crippen LogP contribution in [0.25, 0.3) is 0 Å². The summed E-state index contributed by atoms with van der Waals surface area (Å²) in [6, 6.07) is 3.30. The lowest BCUT2D eigenvalue weighted by atomic mass is 9.98. The van der Waals surface area contributed by atoms with Crippen molar-refractivity contribution in [2.45, 2.75) is 25.1 Å². The summed E-state index contributed by atoms with van der Waals surface area (Å²) in [7, 11) is 0. The summed E-state index contributed by atoms with van der Waals surface area (Å²) >= 11 is 1.58. The average Bonchev–Trinajstić information content (AvgIpc) is 2.82. The molecule has 0 aromatic carbocycles. The lowest BCUT2D eigenvalue weighted by molar-refractivity contribution is -0.143. The second-order valence-electron chi connectivity index (χ2n) is 5.03. The maximum atomic E-state index is 12.4. The second kappa shape index (κ2) is 5.32. The quantitative estimate of drug-likeness (QED) is 0.842. The number of carbonyl (C=O) groups excluding carboxylic acids is 3. The molecule has 0 bridgehead atoms. The Labute approximate surface area is 120 Å². The van der Waals surface area contributed by atoms with E-state index in [1.54, 1.807) is 37.7 Å². The SMILES string of the molecule is CSCc1ccc(C(=O)N2CC(=O)NC(=O)C2(C)C)o1. The molecule has 1 aromatic heterocycles. The van der Waals surface area contributed by atoms with Gasteiger partial charge in [-0.25, -0.2) is 0 Å². The second-order valence-corrected chi connectivity index (χ2v) is 5.89. The summed E-state index contributed by atoms with van der Waals surface area (Å²) in [5, 5.41) is 2.23. The van der Waals surface area contributed by atoms with Crippen LogP contribution in [0.4, 0.5) is 0 Å². The number of hydrogen-bond acceptors (Lipinski definition) is 5. The van der Waals surface area contributed by atoms with Gasteiger partial charge in [0.25, 0.3) is 11.8 Å². The van der Waals surface area contributed by atoms with E-state index in [-0.39, 0.29) is 12.3 Å². The molecule has 7 heteroatoms. The van der Waals surface area contributed by atoms with Gasteiger partial charge in [-0.05, 0) is 32.2 Å². The lowest BCUT2D eigenvalue weighted by Gasteiger charge is -2.39. The van der Waals surface area contributed by atoms with Gasteiger partial charge >= 0.3 is 0 Å². The van der Waals surface area contributed by atoms with Crippen LogP contribution in [-0.4, -0.2) is 41.0 Å². The topological polar surface area (TPSA) is 79.6 Å². The first kappa shape index (κ1) is 14.6. The molecule has 1 fully saturated rings. The van der Waals surface area contributed by atoms with Gasteiger partial charge in [0.2, 0.25) is 5.91 Å². The van der Waals surface area contributed by atoms with E-state index in [1.165, 1.54) is 4.90 Å². The summed E-state index contributed by atoms with van der Waals surface area (Å²) in [6.07, 6.45) is 1.93. The molecule has 20 heavy (non-hydrogen) atoms. The van der Waals surface area contributed by atoms with Crippen LogP contribution in [0.5, 0.6) is 0 Å². The van der Waals surface area contributed by atoms with E-state index in [0.717, 1.165) is 0 Å². The van der Waals surface area contributed by atoms with Crippen LogP contribution in [0.3, 0.4) is 0 Å². The van der Waals surface area contributed by atoms with Crippen LogP contribution in [0.15, 0.2) is 16.5 Å². The Balaban J connectivity index is 2.25. The molecule has 108 valence electrons. The number of carbonyl (C=O) groups is 3. The van der Waals surface area contributed by atoms with E-state index in [4.69, 9.17) is 4.42 Å². The first-order valence-corrected chi connectivity index (χ1v) is 7.49.